The van der Waals surface area contributed by atoms with E-state index in [1.54, 1.807) is 14.2 Å². The Morgan fingerprint density at radius 3 is 2.18 bits per heavy atom. The Morgan fingerprint density at radius 1 is 0.882 bits per heavy atom. The lowest BCUT2D eigenvalue weighted by Crippen LogP contribution is -2.18. The minimum atomic E-state index is -1.30. The maximum Gasteiger partial charge on any atom is 0.320 e. The van der Waals surface area contributed by atoms with Crippen molar-refractivity contribution < 1.29 is 8.85 Å². The van der Waals surface area contributed by atoms with Crippen LogP contribution in [-0.4, -0.2) is 23.5 Å². The highest BCUT2D eigenvalue weighted by Crippen LogP contribution is 2.10. The molecule has 2 nitrogen and oxygen atoms in total. The summed E-state index contributed by atoms with van der Waals surface area (Å²) in [6.07, 6.45) is 6.34. The van der Waals surface area contributed by atoms with Gasteiger partial charge in [0.25, 0.3) is 0 Å². The molecule has 0 saturated carbocycles. The predicted octanol–water partition coefficient (Wildman–Crippen LogP) is 3.30. The van der Waals surface area contributed by atoms with Gasteiger partial charge in [0, 0.05) is 14.2 Å². The van der Waals surface area contributed by atoms with Crippen molar-refractivity contribution in [1.29, 1.82) is 0 Å². The zero-order valence-corrected chi connectivity index (χ0v) is 12.2. The fraction of sp³-hybridized carbons (Fsp3) is 0.571. The van der Waals surface area contributed by atoms with Crippen LogP contribution in [0.3, 0.4) is 0 Å². The van der Waals surface area contributed by atoms with Crippen molar-refractivity contribution in [3.63, 3.8) is 0 Å². The fourth-order valence-corrected chi connectivity index (χ4v) is 3.26. The first kappa shape index (κ1) is 14.4. The maximum absolute atomic E-state index is 5.29. The van der Waals surface area contributed by atoms with Gasteiger partial charge in [-0.05, 0) is 24.4 Å². The van der Waals surface area contributed by atoms with Crippen LogP contribution in [0.15, 0.2) is 30.3 Å². The summed E-state index contributed by atoms with van der Waals surface area (Å²) in [6.45, 7) is 0. The molecule has 0 aromatic heterocycles. The summed E-state index contributed by atoms with van der Waals surface area (Å²) in [4.78, 5) is 0. The van der Waals surface area contributed by atoms with E-state index in [0.29, 0.717) is 0 Å². The quantitative estimate of drug-likeness (QED) is 0.496. The van der Waals surface area contributed by atoms with E-state index in [2.05, 4.69) is 30.3 Å². The van der Waals surface area contributed by atoms with Gasteiger partial charge in [-0.3, -0.25) is 0 Å². The van der Waals surface area contributed by atoms with Gasteiger partial charge < -0.3 is 8.85 Å². The maximum atomic E-state index is 5.29. The molecule has 1 rings (SSSR count). The summed E-state index contributed by atoms with van der Waals surface area (Å²) in [5.74, 6) is 0. The van der Waals surface area contributed by atoms with Crippen LogP contribution in [0.2, 0.25) is 6.04 Å². The van der Waals surface area contributed by atoms with Gasteiger partial charge in [0.2, 0.25) is 0 Å². The van der Waals surface area contributed by atoms with Gasteiger partial charge in [0.15, 0.2) is 0 Å². The van der Waals surface area contributed by atoms with E-state index in [4.69, 9.17) is 8.85 Å². The number of aryl methyl sites for hydroxylation is 1. The molecule has 0 N–H and O–H groups in total. The van der Waals surface area contributed by atoms with E-state index >= 15 is 0 Å². The zero-order valence-electron chi connectivity index (χ0n) is 11.0. The Morgan fingerprint density at radius 2 is 1.53 bits per heavy atom. The first-order valence-corrected chi connectivity index (χ1v) is 8.22. The molecular formula is C14H24O2Si. The summed E-state index contributed by atoms with van der Waals surface area (Å²) < 4.78 is 10.6. The molecule has 3 heteroatoms. The average molecular weight is 252 g/mol. The molecule has 0 bridgehead atoms. The molecule has 1 aromatic carbocycles. The molecular weight excluding hydrogens is 228 g/mol. The first-order valence-electron chi connectivity index (χ1n) is 6.46. The molecule has 0 radical (unpaired) electrons. The van der Waals surface area contributed by atoms with E-state index in [1.165, 1.54) is 37.7 Å². The Bertz CT molecular complexity index is 273. The van der Waals surface area contributed by atoms with Crippen LogP contribution in [0.1, 0.15) is 31.2 Å². The van der Waals surface area contributed by atoms with Gasteiger partial charge in [-0.2, -0.15) is 0 Å². The first-order chi connectivity index (χ1) is 8.36. The molecule has 0 aliphatic carbocycles. The largest absolute Gasteiger partial charge is 0.400 e. The molecule has 0 aliphatic rings. The summed E-state index contributed by atoms with van der Waals surface area (Å²) >= 11 is 0. The van der Waals surface area contributed by atoms with Crippen molar-refractivity contribution in [1.82, 2.24) is 0 Å². The molecule has 0 heterocycles. The number of hydrogen-bond acceptors (Lipinski definition) is 2. The Hall–Kier alpha value is -0.643. The topological polar surface area (TPSA) is 18.5 Å². The minimum absolute atomic E-state index is 1.14. The summed E-state index contributed by atoms with van der Waals surface area (Å²) in [5, 5.41) is 0. The van der Waals surface area contributed by atoms with E-state index < -0.39 is 9.28 Å². The van der Waals surface area contributed by atoms with Gasteiger partial charge >= 0.3 is 9.28 Å². The highest BCUT2D eigenvalue weighted by atomic mass is 28.3. The normalized spacial score (nSPS) is 11.0. The summed E-state index contributed by atoms with van der Waals surface area (Å²) in [5.41, 5.74) is 1.45. The second-order valence-electron chi connectivity index (χ2n) is 4.34. The van der Waals surface area contributed by atoms with E-state index in [0.717, 1.165) is 6.04 Å². The van der Waals surface area contributed by atoms with Crippen molar-refractivity contribution in [3.05, 3.63) is 35.9 Å². The highest BCUT2D eigenvalue weighted by molar-refractivity contribution is 6.44. The van der Waals surface area contributed by atoms with Crippen LogP contribution in [0.4, 0.5) is 0 Å². The molecule has 0 spiro atoms. The minimum Gasteiger partial charge on any atom is -0.400 e. The second kappa shape index (κ2) is 9.39. The lowest BCUT2D eigenvalue weighted by atomic mass is 10.1. The van der Waals surface area contributed by atoms with Crippen LogP contribution in [0.5, 0.6) is 0 Å². The van der Waals surface area contributed by atoms with E-state index in [-0.39, 0.29) is 0 Å². The smallest absolute Gasteiger partial charge is 0.320 e. The molecule has 0 unspecified atom stereocenters. The van der Waals surface area contributed by atoms with Gasteiger partial charge in [0.05, 0.1) is 0 Å². The van der Waals surface area contributed by atoms with Gasteiger partial charge in [-0.25, -0.2) is 0 Å². The zero-order chi connectivity index (χ0) is 12.3. The monoisotopic (exact) mass is 252 g/mol. The highest BCUT2D eigenvalue weighted by Gasteiger charge is 2.07. The standard InChI is InChI=1S/C14H24O2Si/c1-15-17(16-2)13-9-4-3-6-10-14-11-7-5-8-12-14/h5,7-8,11-12,17H,3-4,6,9-10,13H2,1-2H3. The third-order valence-corrected chi connectivity index (χ3v) is 4.96. The van der Waals surface area contributed by atoms with Crippen molar-refractivity contribution in [2.45, 2.75) is 38.1 Å². The Labute approximate surface area is 107 Å². The van der Waals surface area contributed by atoms with Crippen molar-refractivity contribution >= 4 is 9.28 Å². The lowest BCUT2D eigenvalue weighted by molar-refractivity contribution is 0.276. The lowest BCUT2D eigenvalue weighted by Gasteiger charge is -2.10. The molecule has 1 aromatic rings. The average Bonchev–Trinajstić information content (AvgIpc) is 2.39. The van der Waals surface area contributed by atoms with E-state index in [1.807, 2.05) is 0 Å². The number of hydrogen-bond donors (Lipinski definition) is 0. The van der Waals surface area contributed by atoms with Crippen LogP contribution < -0.4 is 0 Å². The molecule has 0 amide bonds. The molecule has 0 saturated heterocycles. The molecule has 96 valence electrons. The van der Waals surface area contributed by atoms with Gasteiger partial charge in [-0.1, -0.05) is 49.6 Å². The molecule has 17 heavy (non-hydrogen) atoms. The SMILES string of the molecule is CO[SiH](CCCCCCc1ccccc1)OC. The Balaban J connectivity index is 1.98. The summed E-state index contributed by atoms with van der Waals surface area (Å²) in [7, 11) is 2.22. The summed E-state index contributed by atoms with van der Waals surface area (Å²) in [6, 6.07) is 11.9. The second-order valence-corrected chi connectivity index (χ2v) is 6.72. The molecule has 0 aliphatic heterocycles. The van der Waals surface area contributed by atoms with Crippen molar-refractivity contribution in [2.24, 2.45) is 0 Å². The number of unbranched alkanes of at least 4 members (excludes halogenated alkanes) is 3. The number of rotatable bonds is 9. The third-order valence-electron chi connectivity index (χ3n) is 3.02. The number of benzene rings is 1. The van der Waals surface area contributed by atoms with Gasteiger partial charge in [-0.15, -0.1) is 0 Å². The van der Waals surface area contributed by atoms with E-state index in [9.17, 15) is 0 Å². The van der Waals surface area contributed by atoms with Crippen LogP contribution in [-0.2, 0) is 15.3 Å². The van der Waals surface area contributed by atoms with Crippen LogP contribution >= 0.6 is 0 Å². The third kappa shape index (κ3) is 6.61. The predicted molar refractivity (Wildman–Crippen MR) is 74.6 cm³/mol. The van der Waals surface area contributed by atoms with Gasteiger partial charge in [0.1, 0.15) is 0 Å². The van der Waals surface area contributed by atoms with Crippen LogP contribution in [0, 0.1) is 0 Å². The van der Waals surface area contributed by atoms with Crippen LogP contribution in [0.25, 0.3) is 0 Å². The van der Waals surface area contributed by atoms with Crippen molar-refractivity contribution in [2.75, 3.05) is 14.2 Å². The molecule has 0 fully saturated rings. The Kier molecular flexibility index (Phi) is 7.97. The van der Waals surface area contributed by atoms with Crippen molar-refractivity contribution in [3.8, 4) is 0 Å². The molecule has 0 atom stereocenters. The fourth-order valence-electron chi connectivity index (χ4n) is 1.97.